The molecule has 1 aliphatic rings. The van der Waals surface area contributed by atoms with Crippen molar-refractivity contribution in [1.29, 1.82) is 0 Å². The number of hydrogen-bond acceptors (Lipinski definition) is 4. The smallest absolute Gasteiger partial charge is 0.218 e. The molecule has 0 radical (unpaired) electrons. The van der Waals surface area contributed by atoms with Crippen LogP contribution >= 0.6 is 0 Å². The van der Waals surface area contributed by atoms with E-state index in [9.17, 15) is 5.11 Å². The summed E-state index contributed by atoms with van der Waals surface area (Å²) in [7, 11) is 1.82. The maximum atomic E-state index is 10.3. The molecule has 0 amide bonds. The second kappa shape index (κ2) is 4.55. The molecule has 0 bridgehead atoms. The van der Waals surface area contributed by atoms with Gasteiger partial charge < -0.3 is 9.67 Å². The van der Waals surface area contributed by atoms with Crippen molar-refractivity contribution in [3.8, 4) is 5.88 Å². The predicted molar refractivity (Wildman–Crippen MR) is 83.8 cm³/mol. The van der Waals surface area contributed by atoms with Gasteiger partial charge in [0.25, 0.3) is 0 Å². The number of pyridine rings is 1. The first-order valence-corrected chi connectivity index (χ1v) is 6.85. The number of imidazole rings is 1. The van der Waals surface area contributed by atoms with Gasteiger partial charge in [-0.1, -0.05) is 20.8 Å². The molecule has 5 heteroatoms. The van der Waals surface area contributed by atoms with E-state index in [-0.39, 0.29) is 11.3 Å². The second-order valence-electron chi connectivity index (χ2n) is 6.19. The van der Waals surface area contributed by atoms with Gasteiger partial charge in [-0.2, -0.15) is 0 Å². The van der Waals surface area contributed by atoms with E-state index in [1.54, 1.807) is 17.0 Å². The van der Waals surface area contributed by atoms with Crippen molar-refractivity contribution in [2.75, 3.05) is 0 Å². The first-order chi connectivity index (χ1) is 9.88. The lowest BCUT2D eigenvalue weighted by molar-refractivity contribution is 0.415. The Morgan fingerprint density at radius 1 is 1.29 bits per heavy atom. The normalized spacial score (nSPS) is 15.7. The Balaban J connectivity index is 2.08. The third-order valence-corrected chi connectivity index (χ3v) is 3.48. The number of aromatic nitrogens is 3. The standard InChI is InChI=1S/C16H18N4O/c1-16(2,3)15-19-12(14(21)20(15)4)8-10-9-18-13-11(10)6-5-7-17-13/h5-9,21H,1-4H3. The Kier molecular flexibility index (Phi) is 2.93. The first kappa shape index (κ1) is 13.5. The molecule has 21 heavy (non-hydrogen) atoms. The minimum atomic E-state index is -0.133. The molecule has 108 valence electrons. The van der Waals surface area contributed by atoms with E-state index in [4.69, 9.17) is 0 Å². The number of allylic oxidation sites excluding steroid dienone is 1. The highest BCUT2D eigenvalue weighted by molar-refractivity contribution is 6.20. The van der Waals surface area contributed by atoms with Crippen molar-refractivity contribution >= 4 is 23.7 Å². The largest absolute Gasteiger partial charge is 0.493 e. The van der Waals surface area contributed by atoms with Crippen molar-refractivity contribution < 1.29 is 5.11 Å². The molecule has 2 aromatic rings. The van der Waals surface area contributed by atoms with Crippen LogP contribution < -0.4 is 0 Å². The molecule has 0 unspecified atom stereocenters. The number of hydrogen-bond donors (Lipinski definition) is 1. The van der Waals surface area contributed by atoms with Crippen LogP contribution in [0.1, 0.15) is 37.9 Å². The van der Waals surface area contributed by atoms with Gasteiger partial charge in [-0.3, -0.25) is 0 Å². The van der Waals surface area contributed by atoms with E-state index < -0.39 is 0 Å². The summed E-state index contributed by atoms with van der Waals surface area (Å²) in [4.78, 5) is 13.0. The van der Waals surface area contributed by atoms with Crippen LogP contribution in [0.3, 0.4) is 0 Å². The van der Waals surface area contributed by atoms with Crippen LogP contribution in [0.2, 0.25) is 0 Å². The van der Waals surface area contributed by atoms with E-state index in [0.29, 0.717) is 11.5 Å². The van der Waals surface area contributed by atoms with Crippen LogP contribution in [0.4, 0.5) is 5.82 Å². The van der Waals surface area contributed by atoms with Crippen LogP contribution in [0.5, 0.6) is 5.88 Å². The predicted octanol–water partition coefficient (Wildman–Crippen LogP) is 3.07. The first-order valence-electron chi connectivity index (χ1n) is 6.85. The fourth-order valence-corrected chi connectivity index (χ4v) is 2.47. The summed E-state index contributed by atoms with van der Waals surface area (Å²) >= 11 is 0. The van der Waals surface area contributed by atoms with Gasteiger partial charge in [0, 0.05) is 36.0 Å². The molecule has 0 saturated heterocycles. The molecule has 3 heterocycles. The highest BCUT2D eigenvalue weighted by Gasteiger charge is 2.24. The Bertz CT molecular complexity index is 763. The Morgan fingerprint density at radius 2 is 2.05 bits per heavy atom. The number of nitrogens with zero attached hydrogens (tertiary/aromatic N) is 4. The van der Waals surface area contributed by atoms with Gasteiger partial charge in [0.1, 0.15) is 11.5 Å². The van der Waals surface area contributed by atoms with Gasteiger partial charge in [-0.15, -0.1) is 0 Å². The maximum Gasteiger partial charge on any atom is 0.218 e. The van der Waals surface area contributed by atoms with E-state index in [2.05, 4.69) is 35.7 Å². The van der Waals surface area contributed by atoms with Crippen molar-refractivity contribution in [3.63, 3.8) is 0 Å². The Morgan fingerprint density at radius 3 is 2.71 bits per heavy atom. The van der Waals surface area contributed by atoms with E-state index in [1.165, 1.54) is 0 Å². The fraction of sp³-hybridized carbons (Fsp3) is 0.312. The molecule has 1 aliphatic heterocycles. The lowest BCUT2D eigenvalue weighted by Crippen LogP contribution is -2.17. The number of aliphatic imine (C=N–C) groups is 1. The van der Waals surface area contributed by atoms with Crippen molar-refractivity contribution in [3.05, 3.63) is 35.4 Å². The monoisotopic (exact) mass is 282 g/mol. The summed E-state index contributed by atoms with van der Waals surface area (Å²) in [6, 6.07) is 3.84. The van der Waals surface area contributed by atoms with E-state index in [1.807, 2.05) is 25.3 Å². The molecule has 0 aromatic carbocycles. The molecule has 0 atom stereocenters. The van der Waals surface area contributed by atoms with E-state index >= 15 is 0 Å². The number of fused-ring (bicyclic) bond motifs is 1. The van der Waals surface area contributed by atoms with Gasteiger partial charge in [0.2, 0.25) is 5.88 Å². The van der Waals surface area contributed by atoms with Gasteiger partial charge in [0.15, 0.2) is 5.82 Å². The zero-order valence-corrected chi connectivity index (χ0v) is 12.6. The third-order valence-electron chi connectivity index (χ3n) is 3.48. The molecule has 3 rings (SSSR count). The molecule has 5 nitrogen and oxygen atoms in total. The Labute approximate surface area is 123 Å². The molecular weight excluding hydrogens is 264 g/mol. The van der Waals surface area contributed by atoms with Gasteiger partial charge >= 0.3 is 0 Å². The minimum absolute atomic E-state index is 0.133. The third kappa shape index (κ3) is 2.24. The van der Waals surface area contributed by atoms with Crippen molar-refractivity contribution in [2.24, 2.45) is 12.0 Å². The maximum absolute atomic E-state index is 10.3. The SMILES string of the molecule is Cn1c(C(C)(C)C)nc(C=C2C=Nc3ncccc32)c1O. The topological polar surface area (TPSA) is 63.3 Å². The fourth-order valence-electron chi connectivity index (χ4n) is 2.47. The highest BCUT2D eigenvalue weighted by atomic mass is 16.3. The summed E-state index contributed by atoms with van der Waals surface area (Å²) in [6.45, 7) is 6.21. The van der Waals surface area contributed by atoms with Crippen molar-refractivity contribution in [2.45, 2.75) is 26.2 Å². The Hall–Kier alpha value is -2.43. The quantitative estimate of drug-likeness (QED) is 0.874. The van der Waals surface area contributed by atoms with Crippen LogP contribution in [-0.4, -0.2) is 25.9 Å². The summed E-state index contributed by atoms with van der Waals surface area (Å²) in [5.41, 5.74) is 2.29. The lowest BCUT2D eigenvalue weighted by atomic mass is 9.96. The van der Waals surface area contributed by atoms with Crippen LogP contribution in [-0.2, 0) is 12.5 Å². The van der Waals surface area contributed by atoms with Crippen molar-refractivity contribution in [1.82, 2.24) is 14.5 Å². The number of rotatable bonds is 1. The van der Waals surface area contributed by atoms with Gasteiger partial charge in [-0.05, 0) is 18.2 Å². The highest BCUT2D eigenvalue weighted by Crippen LogP contribution is 2.33. The average Bonchev–Trinajstić information content (AvgIpc) is 2.95. The molecule has 0 aliphatic carbocycles. The summed E-state index contributed by atoms with van der Waals surface area (Å²) in [6.07, 6.45) is 5.32. The van der Waals surface area contributed by atoms with Gasteiger partial charge in [-0.25, -0.2) is 15.0 Å². The molecule has 1 N–H and O–H groups in total. The van der Waals surface area contributed by atoms with Crippen LogP contribution in [0, 0.1) is 0 Å². The second-order valence-corrected chi connectivity index (χ2v) is 6.19. The summed E-state index contributed by atoms with van der Waals surface area (Å²) in [5.74, 6) is 1.71. The summed E-state index contributed by atoms with van der Waals surface area (Å²) in [5, 5.41) is 10.3. The molecule has 0 fully saturated rings. The van der Waals surface area contributed by atoms with Crippen LogP contribution in [0.15, 0.2) is 23.3 Å². The number of aromatic hydroxyl groups is 1. The zero-order chi connectivity index (χ0) is 15.2. The van der Waals surface area contributed by atoms with Crippen LogP contribution in [0.25, 0.3) is 11.6 Å². The average molecular weight is 282 g/mol. The summed E-state index contributed by atoms with van der Waals surface area (Å²) < 4.78 is 1.72. The lowest BCUT2D eigenvalue weighted by Gasteiger charge is -2.17. The molecular formula is C16H18N4O. The molecule has 0 spiro atoms. The molecule has 0 saturated carbocycles. The molecule has 2 aromatic heterocycles. The minimum Gasteiger partial charge on any atom is -0.493 e. The van der Waals surface area contributed by atoms with Gasteiger partial charge in [0.05, 0.1) is 0 Å². The van der Waals surface area contributed by atoms with E-state index in [0.717, 1.165) is 17.0 Å². The zero-order valence-electron chi connectivity index (χ0n) is 12.6.